The van der Waals surface area contributed by atoms with Gasteiger partial charge in [0.1, 0.15) is 5.72 Å². The Morgan fingerprint density at radius 3 is 2.60 bits per heavy atom. The lowest BCUT2D eigenvalue weighted by Crippen LogP contribution is -2.51. The summed E-state index contributed by atoms with van der Waals surface area (Å²) >= 11 is 0. The van der Waals surface area contributed by atoms with Crippen molar-refractivity contribution in [1.29, 1.82) is 0 Å². The van der Waals surface area contributed by atoms with Gasteiger partial charge in [0.15, 0.2) is 0 Å². The van der Waals surface area contributed by atoms with Crippen molar-refractivity contribution >= 4 is 6.09 Å². The summed E-state index contributed by atoms with van der Waals surface area (Å²) in [6.07, 6.45) is 0.829. The number of ether oxygens (including phenoxy) is 1. The van der Waals surface area contributed by atoms with Crippen LogP contribution in [-0.4, -0.2) is 34.5 Å². The molecule has 4 heteroatoms. The maximum atomic E-state index is 11.2. The Kier molecular flexibility index (Phi) is 2.83. The summed E-state index contributed by atoms with van der Waals surface area (Å²) in [5.74, 6) is 0. The molecule has 0 spiro atoms. The second kappa shape index (κ2) is 3.52. The fourth-order valence-corrected chi connectivity index (χ4v) is 1.85. The smallest absolute Gasteiger partial charge is 0.409 e. The summed E-state index contributed by atoms with van der Waals surface area (Å²) in [5.41, 5.74) is -1.04. The predicted octanol–water partition coefficient (Wildman–Crippen LogP) is 2.31. The Morgan fingerprint density at radius 1 is 1.67 bits per heavy atom. The van der Waals surface area contributed by atoms with Crippen LogP contribution in [0, 0.1) is 5.41 Å². The Bertz CT molecular complexity index is 284. The second-order valence-corrected chi connectivity index (χ2v) is 4.95. The zero-order chi connectivity index (χ0) is 11.9. The van der Waals surface area contributed by atoms with Crippen molar-refractivity contribution in [3.05, 3.63) is 12.7 Å². The molecule has 0 unspecified atom stereocenters. The minimum absolute atomic E-state index is 0.178. The van der Waals surface area contributed by atoms with Crippen molar-refractivity contribution in [3.63, 3.8) is 0 Å². The zero-order valence-electron chi connectivity index (χ0n) is 9.78. The van der Waals surface area contributed by atoms with Crippen molar-refractivity contribution < 1.29 is 14.6 Å². The van der Waals surface area contributed by atoms with E-state index in [1.54, 1.807) is 19.9 Å². The van der Waals surface area contributed by atoms with Crippen molar-refractivity contribution in [1.82, 2.24) is 4.90 Å². The van der Waals surface area contributed by atoms with Crippen molar-refractivity contribution in [2.24, 2.45) is 5.41 Å². The van der Waals surface area contributed by atoms with E-state index in [9.17, 15) is 9.90 Å². The molecule has 0 bridgehead atoms. The van der Waals surface area contributed by atoms with Crippen LogP contribution in [0.1, 0.15) is 27.7 Å². The van der Waals surface area contributed by atoms with E-state index in [-0.39, 0.29) is 11.5 Å². The van der Waals surface area contributed by atoms with E-state index in [1.807, 2.05) is 13.8 Å². The van der Waals surface area contributed by atoms with E-state index in [0.29, 0.717) is 6.61 Å². The maximum absolute atomic E-state index is 11.2. The molecule has 0 aromatic heterocycles. The van der Waals surface area contributed by atoms with Crippen LogP contribution in [0.25, 0.3) is 0 Å². The molecule has 1 heterocycles. The van der Waals surface area contributed by atoms with Gasteiger partial charge in [0.05, 0.1) is 12.6 Å². The molecule has 0 aromatic rings. The number of amides is 1. The normalized spacial score (nSPS) is 25.3. The first-order valence-electron chi connectivity index (χ1n) is 5.02. The molecule has 1 aliphatic heterocycles. The third-order valence-electron chi connectivity index (χ3n) is 3.08. The van der Waals surface area contributed by atoms with E-state index < -0.39 is 11.8 Å². The molecule has 1 fully saturated rings. The Balaban J connectivity index is 3.02. The van der Waals surface area contributed by atoms with Gasteiger partial charge in [-0.3, -0.25) is 4.90 Å². The van der Waals surface area contributed by atoms with Gasteiger partial charge in [-0.2, -0.15) is 0 Å². The molecule has 1 aliphatic rings. The van der Waals surface area contributed by atoms with Crippen LogP contribution < -0.4 is 0 Å². The van der Waals surface area contributed by atoms with Gasteiger partial charge in [-0.25, -0.2) is 4.79 Å². The van der Waals surface area contributed by atoms with Gasteiger partial charge in [0.2, 0.25) is 0 Å². The van der Waals surface area contributed by atoms with E-state index in [1.165, 1.54) is 4.90 Å². The highest BCUT2D eigenvalue weighted by molar-refractivity contribution is 5.67. The lowest BCUT2D eigenvalue weighted by molar-refractivity contribution is -0.0444. The highest BCUT2D eigenvalue weighted by Gasteiger charge is 2.48. The average Bonchev–Trinajstić information content (AvgIpc) is 2.41. The summed E-state index contributed by atoms with van der Waals surface area (Å²) < 4.78 is 5.51. The molecule has 1 saturated heterocycles. The van der Waals surface area contributed by atoms with Gasteiger partial charge in [-0.1, -0.05) is 19.9 Å². The third-order valence-corrected chi connectivity index (χ3v) is 3.08. The summed E-state index contributed by atoms with van der Waals surface area (Å²) in [5, 5.41) is 9.19. The molecule has 4 nitrogen and oxygen atoms in total. The molecular formula is C11H19NO3. The first kappa shape index (κ1) is 12.0. The fourth-order valence-electron chi connectivity index (χ4n) is 1.85. The van der Waals surface area contributed by atoms with Gasteiger partial charge >= 0.3 is 6.09 Å². The number of hydrogen-bond acceptors (Lipinski definition) is 2. The molecule has 0 radical (unpaired) electrons. The minimum atomic E-state index is -0.947. The number of carbonyl (C=O) groups is 1. The van der Waals surface area contributed by atoms with E-state index >= 15 is 0 Å². The number of hydrogen-bond donors (Lipinski definition) is 1. The minimum Gasteiger partial charge on any atom is -0.465 e. The highest BCUT2D eigenvalue weighted by atomic mass is 16.5. The molecule has 1 rings (SSSR count). The van der Waals surface area contributed by atoms with Crippen LogP contribution in [-0.2, 0) is 4.74 Å². The first-order chi connectivity index (χ1) is 6.72. The number of rotatable bonds is 2. The lowest BCUT2D eigenvalue weighted by atomic mass is 9.84. The largest absolute Gasteiger partial charge is 0.465 e. The van der Waals surface area contributed by atoms with Gasteiger partial charge in [-0.05, 0) is 13.8 Å². The average molecular weight is 213 g/mol. The van der Waals surface area contributed by atoms with Crippen LogP contribution in [0.15, 0.2) is 12.7 Å². The van der Waals surface area contributed by atoms with Crippen LogP contribution >= 0.6 is 0 Å². The Morgan fingerprint density at radius 2 is 2.20 bits per heavy atom. The van der Waals surface area contributed by atoms with Crippen molar-refractivity contribution in [2.45, 2.75) is 39.5 Å². The Hall–Kier alpha value is -1.03. The summed E-state index contributed by atoms with van der Waals surface area (Å²) in [7, 11) is 0. The lowest BCUT2D eigenvalue weighted by Gasteiger charge is -2.37. The SMILES string of the molecule is C=CC(C)(C)[C@H]1COC(C)(C)N1C(=O)O. The molecule has 0 aromatic carbocycles. The molecule has 15 heavy (non-hydrogen) atoms. The molecule has 0 saturated carbocycles. The molecule has 86 valence electrons. The predicted molar refractivity (Wildman–Crippen MR) is 57.7 cm³/mol. The summed E-state index contributed by atoms with van der Waals surface area (Å²) in [6.45, 7) is 11.6. The molecule has 1 atom stereocenters. The van der Waals surface area contributed by atoms with Gasteiger partial charge in [-0.15, -0.1) is 6.58 Å². The van der Waals surface area contributed by atoms with Gasteiger partial charge < -0.3 is 9.84 Å². The second-order valence-electron chi connectivity index (χ2n) is 4.95. The summed E-state index contributed by atoms with van der Waals surface area (Å²) in [4.78, 5) is 12.6. The topological polar surface area (TPSA) is 49.8 Å². The quantitative estimate of drug-likeness (QED) is 0.716. The van der Waals surface area contributed by atoms with Gasteiger partial charge in [0, 0.05) is 5.41 Å². The molecule has 1 N–H and O–H groups in total. The van der Waals surface area contributed by atoms with Crippen LogP contribution in [0.5, 0.6) is 0 Å². The fraction of sp³-hybridized carbons (Fsp3) is 0.727. The van der Waals surface area contributed by atoms with E-state index in [4.69, 9.17) is 4.74 Å². The number of carboxylic acid groups (broad SMARTS) is 1. The summed E-state index contributed by atoms with van der Waals surface area (Å²) in [6, 6.07) is -0.178. The maximum Gasteiger partial charge on any atom is 0.409 e. The monoisotopic (exact) mass is 213 g/mol. The van der Waals surface area contributed by atoms with Crippen molar-refractivity contribution in [3.8, 4) is 0 Å². The van der Waals surface area contributed by atoms with Gasteiger partial charge in [0.25, 0.3) is 0 Å². The Labute approximate surface area is 90.5 Å². The van der Waals surface area contributed by atoms with Crippen LogP contribution in [0.2, 0.25) is 0 Å². The van der Waals surface area contributed by atoms with E-state index in [0.717, 1.165) is 0 Å². The molecular weight excluding hydrogens is 194 g/mol. The third kappa shape index (κ3) is 2.00. The van der Waals surface area contributed by atoms with E-state index in [2.05, 4.69) is 6.58 Å². The zero-order valence-corrected chi connectivity index (χ0v) is 9.78. The van der Waals surface area contributed by atoms with Crippen molar-refractivity contribution in [2.75, 3.05) is 6.61 Å². The molecule has 1 amide bonds. The van der Waals surface area contributed by atoms with Crippen LogP contribution in [0.3, 0.4) is 0 Å². The number of nitrogens with zero attached hydrogens (tertiary/aromatic N) is 1. The van der Waals surface area contributed by atoms with Crippen LogP contribution in [0.4, 0.5) is 4.79 Å². The first-order valence-corrected chi connectivity index (χ1v) is 5.02. The molecule has 0 aliphatic carbocycles. The highest BCUT2D eigenvalue weighted by Crippen LogP contribution is 2.37. The standard InChI is InChI=1S/C11H19NO3/c1-6-10(2,3)8-7-15-11(4,5)12(8)9(13)14/h6,8H,1,7H2,2-5H3,(H,13,14)/t8-/m1/s1.